The molecule has 0 aromatic heterocycles. The standard InChI is InChI=1S/C15H20N2O3/c18-14(19)6-8-17-15(20)16-7-5-11-9-12-3-1-2-4-13(12)10-11/h1-4,11H,5-10H2,(H,18,19)(H2,16,17,20). The first-order valence-electron chi connectivity index (χ1n) is 6.95. The van der Waals surface area contributed by atoms with Gasteiger partial charge in [-0.15, -0.1) is 0 Å². The molecular weight excluding hydrogens is 256 g/mol. The van der Waals surface area contributed by atoms with Gasteiger partial charge in [0.2, 0.25) is 0 Å². The SMILES string of the molecule is O=C(O)CCNC(=O)NCCC1Cc2ccccc2C1. The molecule has 0 spiro atoms. The monoisotopic (exact) mass is 276 g/mol. The highest BCUT2D eigenvalue weighted by Gasteiger charge is 2.20. The number of benzene rings is 1. The summed E-state index contributed by atoms with van der Waals surface area (Å²) in [4.78, 5) is 21.7. The Morgan fingerprint density at radius 2 is 1.70 bits per heavy atom. The highest BCUT2D eigenvalue weighted by Crippen LogP contribution is 2.28. The summed E-state index contributed by atoms with van der Waals surface area (Å²) in [6, 6.07) is 8.18. The lowest BCUT2D eigenvalue weighted by Gasteiger charge is -2.10. The van der Waals surface area contributed by atoms with E-state index in [0.717, 1.165) is 19.3 Å². The van der Waals surface area contributed by atoms with E-state index >= 15 is 0 Å². The lowest BCUT2D eigenvalue weighted by molar-refractivity contribution is -0.136. The molecule has 0 aliphatic heterocycles. The van der Waals surface area contributed by atoms with Gasteiger partial charge >= 0.3 is 12.0 Å². The smallest absolute Gasteiger partial charge is 0.314 e. The third-order valence-electron chi connectivity index (χ3n) is 3.60. The maximum absolute atomic E-state index is 11.4. The Hall–Kier alpha value is -2.04. The lowest BCUT2D eigenvalue weighted by Crippen LogP contribution is -2.37. The zero-order valence-electron chi connectivity index (χ0n) is 11.4. The van der Waals surface area contributed by atoms with Crippen LogP contribution in [0.15, 0.2) is 24.3 Å². The quantitative estimate of drug-likeness (QED) is 0.738. The minimum absolute atomic E-state index is 0.0502. The summed E-state index contributed by atoms with van der Waals surface area (Å²) in [5.41, 5.74) is 2.84. The molecular formula is C15H20N2O3. The Labute approximate surface area is 118 Å². The van der Waals surface area contributed by atoms with Gasteiger partial charge in [-0.3, -0.25) is 4.79 Å². The van der Waals surface area contributed by atoms with Crippen LogP contribution in [0.2, 0.25) is 0 Å². The van der Waals surface area contributed by atoms with Crippen molar-refractivity contribution >= 4 is 12.0 Å². The largest absolute Gasteiger partial charge is 0.481 e. The number of carbonyl (C=O) groups is 2. The summed E-state index contributed by atoms with van der Waals surface area (Å²) in [6.07, 6.45) is 3.06. The van der Waals surface area contributed by atoms with Crippen molar-refractivity contribution in [1.82, 2.24) is 10.6 Å². The van der Waals surface area contributed by atoms with Crippen LogP contribution in [-0.2, 0) is 17.6 Å². The van der Waals surface area contributed by atoms with Gasteiger partial charge in [-0.05, 0) is 36.3 Å². The van der Waals surface area contributed by atoms with Crippen molar-refractivity contribution in [1.29, 1.82) is 0 Å². The van der Waals surface area contributed by atoms with E-state index in [1.165, 1.54) is 11.1 Å². The Morgan fingerprint density at radius 3 is 2.30 bits per heavy atom. The number of hydrogen-bond acceptors (Lipinski definition) is 2. The molecule has 0 bridgehead atoms. The minimum atomic E-state index is -0.908. The van der Waals surface area contributed by atoms with Crippen molar-refractivity contribution in [3.63, 3.8) is 0 Å². The van der Waals surface area contributed by atoms with Gasteiger partial charge in [0.25, 0.3) is 0 Å². The molecule has 0 saturated carbocycles. The Balaban J connectivity index is 1.61. The summed E-state index contributed by atoms with van der Waals surface area (Å²) in [6.45, 7) is 0.785. The second-order valence-electron chi connectivity index (χ2n) is 5.16. The summed E-state index contributed by atoms with van der Waals surface area (Å²) in [7, 11) is 0. The predicted molar refractivity (Wildman–Crippen MR) is 75.6 cm³/mol. The lowest BCUT2D eigenvalue weighted by atomic mass is 10.0. The van der Waals surface area contributed by atoms with Gasteiger partial charge in [0, 0.05) is 13.1 Å². The van der Waals surface area contributed by atoms with Crippen LogP contribution in [0.5, 0.6) is 0 Å². The van der Waals surface area contributed by atoms with Gasteiger partial charge in [-0.25, -0.2) is 4.79 Å². The normalized spacial score (nSPS) is 13.8. The second-order valence-corrected chi connectivity index (χ2v) is 5.16. The number of nitrogens with one attached hydrogen (secondary N) is 2. The molecule has 2 amide bonds. The number of carboxylic acids is 1. The van der Waals surface area contributed by atoms with Gasteiger partial charge in [-0.2, -0.15) is 0 Å². The Kier molecular flexibility index (Phi) is 4.98. The fourth-order valence-corrected chi connectivity index (χ4v) is 2.59. The number of carboxylic acid groups (broad SMARTS) is 1. The molecule has 5 heteroatoms. The van der Waals surface area contributed by atoms with Gasteiger partial charge in [0.1, 0.15) is 0 Å². The van der Waals surface area contributed by atoms with Crippen molar-refractivity contribution in [2.24, 2.45) is 5.92 Å². The third kappa shape index (κ3) is 4.26. The predicted octanol–water partition coefficient (Wildman–Crippen LogP) is 1.57. The average Bonchev–Trinajstić information content (AvgIpc) is 2.80. The van der Waals surface area contributed by atoms with E-state index in [1.807, 2.05) is 0 Å². The van der Waals surface area contributed by atoms with Crippen molar-refractivity contribution in [2.45, 2.75) is 25.7 Å². The molecule has 1 aromatic carbocycles. The zero-order chi connectivity index (χ0) is 14.4. The first-order chi connectivity index (χ1) is 9.65. The highest BCUT2D eigenvalue weighted by atomic mass is 16.4. The molecule has 3 N–H and O–H groups in total. The molecule has 0 saturated heterocycles. The molecule has 2 rings (SSSR count). The van der Waals surface area contributed by atoms with Crippen molar-refractivity contribution in [3.8, 4) is 0 Å². The van der Waals surface area contributed by atoms with Crippen molar-refractivity contribution in [3.05, 3.63) is 35.4 Å². The van der Waals surface area contributed by atoms with Crippen LogP contribution in [0.3, 0.4) is 0 Å². The number of amides is 2. The minimum Gasteiger partial charge on any atom is -0.481 e. The van der Waals surface area contributed by atoms with Crippen LogP contribution in [0.25, 0.3) is 0 Å². The molecule has 0 heterocycles. The summed E-state index contributed by atoms with van der Waals surface area (Å²) >= 11 is 0. The van der Waals surface area contributed by atoms with E-state index in [4.69, 9.17) is 5.11 Å². The fraction of sp³-hybridized carbons (Fsp3) is 0.467. The number of rotatable bonds is 6. The first kappa shape index (κ1) is 14.4. The number of fused-ring (bicyclic) bond motifs is 1. The maximum atomic E-state index is 11.4. The van der Waals surface area contributed by atoms with E-state index in [-0.39, 0.29) is 19.0 Å². The van der Waals surface area contributed by atoms with E-state index in [9.17, 15) is 9.59 Å². The third-order valence-corrected chi connectivity index (χ3v) is 3.60. The van der Waals surface area contributed by atoms with E-state index in [2.05, 4.69) is 34.9 Å². The topological polar surface area (TPSA) is 78.4 Å². The average molecular weight is 276 g/mol. The van der Waals surface area contributed by atoms with Gasteiger partial charge in [0.05, 0.1) is 6.42 Å². The molecule has 108 valence electrons. The van der Waals surface area contributed by atoms with E-state index in [1.54, 1.807) is 0 Å². The molecule has 5 nitrogen and oxygen atoms in total. The number of carbonyl (C=O) groups excluding carboxylic acids is 1. The summed E-state index contributed by atoms with van der Waals surface area (Å²) in [5.74, 6) is -0.319. The van der Waals surface area contributed by atoms with Crippen LogP contribution in [0.4, 0.5) is 4.79 Å². The number of hydrogen-bond donors (Lipinski definition) is 3. The molecule has 1 aromatic rings. The molecule has 1 aliphatic rings. The van der Waals surface area contributed by atoms with Crippen LogP contribution in [0, 0.1) is 5.92 Å². The summed E-state index contributed by atoms with van der Waals surface area (Å²) < 4.78 is 0. The molecule has 0 unspecified atom stereocenters. The first-order valence-corrected chi connectivity index (χ1v) is 6.95. The van der Waals surface area contributed by atoms with Crippen molar-refractivity contribution < 1.29 is 14.7 Å². The molecule has 0 fully saturated rings. The van der Waals surface area contributed by atoms with Crippen molar-refractivity contribution in [2.75, 3.05) is 13.1 Å². The summed E-state index contributed by atoms with van der Waals surface area (Å²) in [5, 5.41) is 13.8. The van der Waals surface area contributed by atoms with Gasteiger partial charge < -0.3 is 15.7 Å². The van der Waals surface area contributed by atoms with Crippen LogP contribution in [-0.4, -0.2) is 30.2 Å². The molecule has 20 heavy (non-hydrogen) atoms. The molecule has 0 atom stereocenters. The van der Waals surface area contributed by atoms with E-state index < -0.39 is 5.97 Å². The second kappa shape index (κ2) is 6.93. The Bertz CT molecular complexity index is 463. The van der Waals surface area contributed by atoms with Crippen LogP contribution in [0.1, 0.15) is 24.0 Å². The number of urea groups is 1. The van der Waals surface area contributed by atoms with Crippen LogP contribution < -0.4 is 10.6 Å². The van der Waals surface area contributed by atoms with Gasteiger partial charge in [-0.1, -0.05) is 24.3 Å². The fourth-order valence-electron chi connectivity index (χ4n) is 2.59. The van der Waals surface area contributed by atoms with Gasteiger partial charge in [0.15, 0.2) is 0 Å². The maximum Gasteiger partial charge on any atom is 0.314 e. The Morgan fingerprint density at radius 1 is 1.10 bits per heavy atom. The molecule has 0 radical (unpaired) electrons. The number of aliphatic carboxylic acids is 1. The highest BCUT2D eigenvalue weighted by molar-refractivity contribution is 5.74. The molecule has 1 aliphatic carbocycles. The van der Waals surface area contributed by atoms with E-state index in [0.29, 0.717) is 12.5 Å². The zero-order valence-corrected chi connectivity index (χ0v) is 11.4. The van der Waals surface area contributed by atoms with Crippen LogP contribution >= 0.6 is 0 Å².